The van der Waals surface area contributed by atoms with Gasteiger partial charge in [0.1, 0.15) is 0 Å². The minimum absolute atomic E-state index is 0.0144. The Morgan fingerprint density at radius 1 is 1.29 bits per heavy atom. The van der Waals surface area contributed by atoms with Crippen LogP contribution < -0.4 is 0 Å². The number of nitro benzene ring substituents is 1. The monoisotopic (exact) mass is 338 g/mol. The molecule has 1 aromatic rings. The van der Waals surface area contributed by atoms with E-state index in [1.807, 2.05) is 0 Å². The van der Waals surface area contributed by atoms with Gasteiger partial charge in [0.25, 0.3) is 11.6 Å². The smallest absolute Gasteiger partial charge is 0.335 e. The van der Waals surface area contributed by atoms with Crippen LogP contribution in [0.1, 0.15) is 27.1 Å². The molecular formula is C15H18N2O7. The number of carbonyl (C=O) groups is 2. The van der Waals surface area contributed by atoms with E-state index in [2.05, 4.69) is 0 Å². The second-order valence-corrected chi connectivity index (χ2v) is 5.38. The number of hydrogen-bond acceptors (Lipinski definition) is 6. The quantitative estimate of drug-likeness (QED) is 0.429. The van der Waals surface area contributed by atoms with Gasteiger partial charge < -0.3 is 19.5 Å². The van der Waals surface area contributed by atoms with Gasteiger partial charge in [0.15, 0.2) is 0 Å². The molecule has 1 fully saturated rings. The number of benzene rings is 1. The highest BCUT2D eigenvalue weighted by Crippen LogP contribution is 2.22. The largest absolute Gasteiger partial charge is 0.478 e. The number of rotatable bonds is 8. The second-order valence-electron chi connectivity index (χ2n) is 5.38. The first-order valence-corrected chi connectivity index (χ1v) is 7.35. The maximum Gasteiger partial charge on any atom is 0.335 e. The molecule has 1 saturated heterocycles. The summed E-state index contributed by atoms with van der Waals surface area (Å²) in [7, 11) is 1.61. The molecule has 0 radical (unpaired) electrons. The first-order chi connectivity index (χ1) is 11.4. The van der Waals surface area contributed by atoms with Gasteiger partial charge >= 0.3 is 5.97 Å². The molecule has 9 nitrogen and oxygen atoms in total. The molecule has 1 aliphatic rings. The Hall–Kier alpha value is -2.52. The van der Waals surface area contributed by atoms with E-state index in [0.29, 0.717) is 26.3 Å². The summed E-state index contributed by atoms with van der Waals surface area (Å²) in [6.07, 6.45) is 0.678. The lowest BCUT2D eigenvalue weighted by atomic mass is 10.1. The van der Waals surface area contributed by atoms with Crippen LogP contribution in [0.3, 0.4) is 0 Å². The Balaban J connectivity index is 1.98. The predicted octanol–water partition coefficient (Wildman–Crippen LogP) is 1.17. The molecule has 1 aliphatic heterocycles. The molecule has 1 heterocycles. The van der Waals surface area contributed by atoms with Crippen molar-refractivity contribution in [2.75, 3.05) is 33.4 Å². The van der Waals surface area contributed by atoms with Crippen molar-refractivity contribution < 1.29 is 29.1 Å². The van der Waals surface area contributed by atoms with Crippen LogP contribution in [0.25, 0.3) is 0 Å². The lowest BCUT2D eigenvalue weighted by molar-refractivity contribution is -0.384. The third kappa shape index (κ3) is 4.27. The van der Waals surface area contributed by atoms with E-state index in [-0.39, 0.29) is 17.2 Å². The van der Waals surface area contributed by atoms with Crippen LogP contribution in [-0.2, 0) is 9.47 Å². The molecule has 0 spiro atoms. The first kappa shape index (κ1) is 17.8. The van der Waals surface area contributed by atoms with E-state index in [1.165, 1.54) is 4.90 Å². The zero-order valence-corrected chi connectivity index (χ0v) is 13.1. The highest BCUT2D eigenvalue weighted by molar-refractivity contribution is 5.98. The number of likely N-dealkylation sites (tertiary alicyclic amines) is 1. The van der Waals surface area contributed by atoms with Gasteiger partial charge in [0.2, 0.25) is 0 Å². The molecule has 24 heavy (non-hydrogen) atoms. The normalized spacial score (nSPS) is 14.3. The molecule has 0 bridgehead atoms. The van der Waals surface area contributed by atoms with Crippen molar-refractivity contribution in [1.29, 1.82) is 0 Å². The number of carboxylic acids is 1. The number of carboxylic acid groups (broad SMARTS) is 1. The molecule has 9 heteroatoms. The zero-order chi connectivity index (χ0) is 17.7. The highest BCUT2D eigenvalue weighted by Gasteiger charge is 2.32. The Kier molecular flexibility index (Phi) is 5.83. The van der Waals surface area contributed by atoms with Crippen LogP contribution in [0.5, 0.6) is 0 Å². The van der Waals surface area contributed by atoms with Gasteiger partial charge in [-0.3, -0.25) is 14.9 Å². The third-order valence-electron chi connectivity index (χ3n) is 3.60. The van der Waals surface area contributed by atoms with Crippen LogP contribution >= 0.6 is 0 Å². The summed E-state index contributed by atoms with van der Waals surface area (Å²) in [5, 5.41) is 19.9. The number of hydrogen-bond donors (Lipinski definition) is 1. The fourth-order valence-electron chi connectivity index (χ4n) is 2.31. The molecule has 1 aromatic carbocycles. The summed E-state index contributed by atoms with van der Waals surface area (Å²) >= 11 is 0. The minimum Gasteiger partial charge on any atom is -0.478 e. The molecule has 0 aromatic heterocycles. The maximum absolute atomic E-state index is 12.3. The summed E-state index contributed by atoms with van der Waals surface area (Å²) in [4.78, 5) is 35.0. The van der Waals surface area contributed by atoms with Crippen molar-refractivity contribution in [2.45, 2.75) is 12.5 Å². The average molecular weight is 338 g/mol. The molecule has 130 valence electrons. The lowest BCUT2D eigenvalue weighted by Crippen LogP contribution is -2.54. The topological polar surface area (TPSA) is 119 Å². The summed E-state index contributed by atoms with van der Waals surface area (Å²) in [6, 6.07) is 3.16. The van der Waals surface area contributed by atoms with Gasteiger partial charge in [-0.2, -0.15) is 0 Å². The molecule has 1 amide bonds. The summed E-state index contributed by atoms with van der Waals surface area (Å²) in [5.41, 5.74) is -0.731. The van der Waals surface area contributed by atoms with Gasteiger partial charge in [0.05, 0.1) is 16.6 Å². The van der Waals surface area contributed by atoms with Crippen molar-refractivity contribution in [2.24, 2.45) is 0 Å². The first-order valence-electron chi connectivity index (χ1n) is 7.35. The number of aromatic carboxylic acids is 1. The van der Waals surface area contributed by atoms with Crippen LogP contribution in [0.2, 0.25) is 0 Å². The van der Waals surface area contributed by atoms with E-state index in [1.54, 1.807) is 7.11 Å². The Bertz CT molecular complexity index is 608. The molecule has 0 unspecified atom stereocenters. The van der Waals surface area contributed by atoms with Crippen molar-refractivity contribution in [3.63, 3.8) is 0 Å². The molecule has 2 rings (SSSR count). The zero-order valence-electron chi connectivity index (χ0n) is 13.1. The Labute approximate surface area is 137 Å². The molecular weight excluding hydrogens is 320 g/mol. The Morgan fingerprint density at radius 3 is 2.54 bits per heavy atom. The standard InChI is InChI=1S/C15H18N2O7/c1-23-3-2-4-24-13-8-16(9-13)14(18)10-5-11(15(19)20)7-12(6-10)17(21)22/h5-7,13H,2-4,8-9H2,1H3,(H,19,20). The van der Waals surface area contributed by atoms with Gasteiger partial charge in [-0.25, -0.2) is 4.79 Å². The van der Waals surface area contributed by atoms with Crippen molar-refractivity contribution in [1.82, 2.24) is 4.90 Å². The number of non-ortho nitro benzene ring substituents is 1. The van der Waals surface area contributed by atoms with Crippen molar-refractivity contribution in [3.05, 3.63) is 39.4 Å². The second kappa shape index (κ2) is 7.84. The molecule has 0 aliphatic carbocycles. The van der Waals surface area contributed by atoms with Crippen LogP contribution in [-0.4, -0.2) is 66.3 Å². The predicted molar refractivity (Wildman–Crippen MR) is 82.2 cm³/mol. The maximum atomic E-state index is 12.3. The summed E-state index contributed by atoms with van der Waals surface area (Å²) in [6.45, 7) is 1.87. The van der Waals surface area contributed by atoms with E-state index in [4.69, 9.17) is 14.6 Å². The van der Waals surface area contributed by atoms with Crippen molar-refractivity contribution in [3.8, 4) is 0 Å². The fourth-order valence-corrected chi connectivity index (χ4v) is 2.31. The molecule has 0 atom stereocenters. The lowest BCUT2D eigenvalue weighted by Gasteiger charge is -2.39. The van der Waals surface area contributed by atoms with E-state index in [9.17, 15) is 19.7 Å². The number of nitrogens with zero attached hydrogens (tertiary/aromatic N) is 2. The number of carbonyl (C=O) groups excluding carboxylic acids is 1. The Morgan fingerprint density at radius 2 is 1.96 bits per heavy atom. The molecule has 1 N–H and O–H groups in total. The fraction of sp³-hybridized carbons (Fsp3) is 0.467. The average Bonchev–Trinajstić information content (AvgIpc) is 2.51. The number of amides is 1. The number of ether oxygens (including phenoxy) is 2. The van der Waals surface area contributed by atoms with Crippen molar-refractivity contribution >= 4 is 17.6 Å². The minimum atomic E-state index is -1.32. The molecule has 0 saturated carbocycles. The summed E-state index contributed by atoms with van der Waals surface area (Å²) in [5.74, 6) is -1.77. The van der Waals surface area contributed by atoms with Gasteiger partial charge in [-0.15, -0.1) is 0 Å². The van der Waals surface area contributed by atoms with Gasteiger partial charge in [-0.1, -0.05) is 0 Å². The van der Waals surface area contributed by atoms with Crippen LogP contribution in [0.4, 0.5) is 5.69 Å². The van der Waals surface area contributed by atoms with E-state index >= 15 is 0 Å². The number of methoxy groups -OCH3 is 1. The van der Waals surface area contributed by atoms with Crippen LogP contribution in [0.15, 0.2) is 18.2 Å². The highest BCUT2D eigenvalue weighted by atomic mass is 16.6. The van der Waals surface area contributed by atoms with E-state index < -0.39 is 22.5 Å². The SMILES string of the molecule is COCCCOC1CN(C(=O)c2cc(C(=O)O)cc([N+](=O)[O-])c2)C1. The third-order valence-corrected chi connectivity index (χ3v) is 3.60. The van der Waals surface area contributed by atoms with Gasteiger partial charge in [-0.05, 0) is 12.5 Å². The summed E-state index contributed by atoms with van der Waals surface area (Å²) < 4.78 is 10.4. The van der Waals surface area contributed by atoms with Crippen LogP contribution in [0, 0.1) is 10.1 Å². The van der Waals surface area contributed by atoms with Gasteiger partial charge in [0, 0.05) is 51.1 Å². The van der Waals surface area contributed by atoms with E-state index in [0.717, 1.165) is 24.6 Å². The number of nitro groups is 1.